The molecule has 3 fully saturated rings. The number of hydrogen-bond donors (Lipinski definition) is 2. The molecule has 1 aromatic carbocycles. The van der Waals surface area contributed by atoms with Crippen molar-refractivity contribution in [1.82, 2.24) is 30.0 Å². The Bertz CT molecular complexity index is 1840. The molecule has 6 bridgehead atoms. The number of ether oxygens (including phenoxy) is 1. The van der Waals surface area contributed by atoms with E-state index in [0.717, 1.165) is 24.9 Å². The third kappa shape index (κ3) is 5.18. The summed E-state index contributed by atoms with van der Waals surface area (Å²) in [6, 6.07) is 1.77. The van der Waals surface area contributed by atoms with Gasteiger partial charge >= 0.3 is 6.01 Å². The van der Waals surface area contributed by atoms with Gasteiger partial charge < -0.3 is 14.7 Å². The predicted molar refractivity (Wildman–Crippen MR) is 169 cm³/mol. The monoisotopic (exact) mass is 651 g/mol. The van der Waals surface area contributed by atoms with Crippen molar-refractivity contribution in [3.63, 3.8) is 0 Å². The number of H-pyrrole nitrogens is 1. The molecule has 8 heterocycles. The molecule has 0 radical (unpaired) electrons. The minimum atomic E-state index is -0.920. The Hall–Kier alpha value is -3.48. The predicted octanol–water partition coefficient (Wildman–Crippen LogP) is 5.19. The highest BCUT2D eigenvalue weighted by Crippen LogP contribution is 2.42. The van der Waals surface area contributed by atoms with E-state index in [1.165, 1.54) is 0 Å². The van der Waals surface area contributed by atoms with Crippen LogP contribution in [0.5, 0.6) is 6.01 Å². The van der Waals surface area contributed by atoms with E-state index >= 15 is 4.39 Å². The topological polar surface area (TPSA) is 120 Å². The van der Waals surface area contributed by atoms with Gasteiger partial charge in [0.15, 0.2) is 5.82 Å². The molecule has 2 N–H and O–H groups in total. The Morgan fingerprint density at radius 2 is 2.00 bits per heavy atom. The molecule has 0 amide bonds. The van der Waals surface area contributed by atoms with Gasteiger partial charge in [0.2, 0.25) is 0 Å². The maximum absolute atomic E-state index is 17.0. The summed E-state index contributed by atoms with van der Waals surface area (Å²) in [7, 11) is 0. The zero-order valence-corrected chi connectivity index (χ0v) is 26.2. The number of pyridine rings is 1. The van der Waals surface area contributed by atoms with Crippen molar-refractivity contribution < 1.29 is 23.4 Å². The first-order valence-corrected chi connectivity index (χ1v) is 16.6. The quantitative estimate of drug-likeness (QED) is 0.308. The van der Waals surface area contributed by atoms with Crippen molar-refractivity contribution in [2.24, 2.45) is 5.92 Å². The zero-order chi connectivity index (χ0) is 31.6. The number of carbonyl (C=O) groups excluding carboxylic acids is 1. The summed E-state index contributed by atoms with van der Waals surface area (Å²) in [5.74, 6) is -0.194. The van der Waals surface area contributed by atoms with Crippen LogP contribution in [-0.4, -0.2) is 91.5 Å². The second-order valence-electron chi connectivity index (χ2n) is 13.5. The molecule has 3 aromatic heterocycles. The number of Topliss-reactive ketones (excluding diaryl/α,β-unsaturated/α-hetero) is 1. The Morgan fingerprint density at radius 1 is 1.13 bits per heavy atom. The molecular formula is C33H36ClF2N7O3. The molecule has 0 aliphatic carbocycles. The number of alkyl halides is 1. The van der Waals surface area contributed by atoms with Crippen molar-refractivity contribution in [2.75, 3.05) is 37.7 Å². The van der Waals surface area contributed by atoms with E-state index in [2.05, 4.69) is 25.1 Å². The molecule has 0 unspecified atom stereocenters. The Labute approximate surface area is 269 Å². The molecule has 9 rings (SSSR count). The molecule has 10 nitrogen and oxygen atoms in total. The highest BCUT2D eigenvalue weighted by atomic mass is 35.5. The summed E-state index contributed by atoms with van der Waals surface area (Å²) < 4.78 is 37.7. The Morgan fingerprint density at radius 3 is 2.89 bits per heavy atom. The SMILES string of the molecule is O=C1CCCCc2c(Cl)cc3[nH]ncc3c2-c2ncc3c(nc(OC[C@@]45CCCN4C[C@H](F)C5)nc3c2F)N2C[C@@H](O)C[C@@H](C1)C2. The fourth-order valence-electron chi connectivity index (χ4n) is 8.31. The minimum Gasteiger partial charge on any atom is -0.461 e. The molecule has 242 valence electrons. The number of aromatic nitrogens is 5. The van der Waals surface area contributed by atoms with Crippen LogP contribution < -0.4 is 9.64 Å². The second kappa shape index (κ2) is 11.6. The van der Waals surface area contributed by atoms with Crippen LogP contribution in [0.2, 0.25) is 5.02 Å². The van der Waals surface area contributed by atoms with Crippen LogP contribution in [0.15, 0.2) is 18.5 Å². The van der Waals surface area contributed by atoms with Crippen LogP contribution in [-0.2, 0) is 11.2 Å². The Balaban J connectivity index is 1.30. The number of benzene rings is 1. The molecular weight excluding hydrogens is 616 g/mol. The first-order valence-electron chi connectivity index (χ1n) is 16.3. The normalized spacial score (nSPS) is 27.2. The molecule has 46 heavy (non-hydrogen) atoms. The van der Waals surface area contributed by atoms with E-state index in [4.69, 9.17) is 21.3 Å². The van der Waals surface area contributed by atoms with Gasteiger partial charge in [0.1, 0.15) is 35.6 Å². The summed E-state index contributed by atoms with van der Waals surface area (Å²) in [5, 5.41) is 19.5. The van der Waals surface area contributed by atoms with Gasteiger partial charge in [-0.15, -0.1) is 0 Å². The fraction of sp³-hybridized carbons (Fsp3) is 0.545. The van der Waals surface area contributed by atoms with Crippen molar-refractivity contribution in [3.8, 4) is 17.3 Å². The van der Waals surface area contributed by atoms with Crippen molar-refractivity contribution in [2.45, 2.75) is 75.6 Å². The smallest absolute Gasteiger partial charge is 0.319 e. The van der Waals surface area contributed by atoms with Crippen molar-refractivity contribution >= 4 is 45.0 Å². The molecule has 5 aliphatic rings. The van der Waals surface area contributed by atoms with E-state index in [9.17, 15) is 14.3 Å². The number of carbonyl (C=O) groups is 1. The van der Waals surface area contributed by atoms with Gasteiger partial charge in [-0.1, -0.05) is 11.6 Å². The minimum absolute atomic E-state index is 0.0179. The zero-order valence-electron chi connectivity index (χ0n) is 25.4. The number of halogens is 3. The number of aliphatic hydroxyl groups excluding tert-OH is 1. The van der Waals surface area contributed by atoms with Crippen LogP contribution in [0.1, 0.15) is 56.9 Å². The largest absolute Gasteiger partial charge is 0.461 e. The highest BCUT2D eigenvalue weighted by molar-refractivity contribution is 6.33. The number of piperidine rings is 1. The van der Waals surface area contributed by atoms with E-state index in [1.807, 2.05) is 4.90 Å². The van der Waals surface area contributed by atoms with Gasteiger partial charge in [-0.05, 0) is 62.6 Å². The van der Waals surface area contributed by atoms with Gasteiger partial charge in [0.05, 0.1) is 28.7 Å². The van der Waals surface area contributed by atoms with Crippen LogP contribution in [0.25, 0.3) is 33.1 Å². The fourth-order valence-corrected chi connectivity index (χ4v) is 8.61. The molecule has 0 spiro atoms. The van der Waals surface area contributed by atoms with Crippen molar-refractivity contribution in [3.05, 3.63) is 34.9 Å². The van der Waals surface area contributed by atoms with Crippen LogP contribution >= 0.6 is 11.6 Å². The number of aromatic amines is 1. The second-order valence-corrected chi connectivity index (χ2v) is 13.9. The molecule has 3 saturated heterocycles. The molecule has 4 aromatic rings. The van der Waals surface area contributed by atoms with E-state index in [0.29, 0.717) is 90.7 Å². The van der Waals surface area contributed by atoms with Crippen LogP contribution in [0.3, 0.4) is 0 Å². The lowest BCUT2D eigenvalue weighted by Crippen LogP contribution is -2.44. The van der Waals surface area contributed by atoms with Gasteiger partial charge in [-0.25, -0.2) is 8.78 Å². The lowest BCUT2D eigenvalue weighted by molar-refractivity contribution is -0.120. The number of fused-ring (bicyclic) bond motifs is 8. The lowest BCUT2D eigenvalue weighted by Gasteiger charge is -2.37. The van der Waals surface area contributed by atoms with Gasteiger partial charge in [0, 0.05) is 61.1 Å². The first-order chi connectivity index (χ1) is 22.3. The number of nitrogens with zero attached hydrogens (tertiary/aromatic N) is 6. The highest BCUT2D eigenvalue weighted by Gasteiger charge is 2.49. The number of anilines is 1. The molecule has 0 saturated carbocycles. The number of hydrogen-bond acceptors (Lipinski definition) is 9. The third-order valence-corrected chi connectivity index (χ3v) is 10.7. The van der Waals surface area contributed by atoms with E-state index < -0.39 is 23.6 Å². The van der Waals surface area contributed by atoms with Gasteiger partial charge in [0.25, 0.3) is 0 Å². The number of aliphatic hydroxyl groups is 1. The van der Waals surface area contributed by atoms with Gasteiger partial charge in [-0.2, -0.15) is 15.1 Å². The summed E-state index contributed by atoms with van der Waals surface area (Å²) in [4.78, 5) is 31.1. The average Bonchev–Trinajstić information content (AvgIpc) is 3.72. The molecule has 13 heteroatoms. The van der Waals surface area contributed by atoms with Crippen LogP contribution in [0.4, 0.5) is 14.6 Å². The molecule has 5 aliphatic heterocycles. The summed E-state index contributed by atoms with van der Waals surface area (Å²) >= 11 is 6.80. The van der Waals surface area contributed by atoms with E-state index in [1.54, 1.807) is 18.5 Å². The van der Waals surface area contributed by atoms with E-state index in [-0.39, 0.29) is 42.1 Å². The lowest BCUT2D eigenvalue weighted by atomic mass is 9.89. The number of nitrogens with one attached hydrogen (secondary N) is 1. The maximum Gasteiger partial charge on any atom is 0.319 e. The average molecular weight is 652 g/mol. The maximum atomic E-state index is 17.0. The number of ketones is 1. The summed E-state index contributed by atoms with van der Waals surface area (Å²) in [6.07, 6.45) is 6.86. The molecule has 4 atom stereocenters. The summed E-state index contributed by atoms with van der Waals surface area (Å²) in [5.41, 5.74) is 1.59. The standard InChI is InChI=1S/C33H36ClF2N7O3/c34-25-10-26-23(13-38-41-26)27-22(25)5-2-1-4-20(44)8-18-9-21(45)16-42(14-18)31-24-12-37-30(27)28(36)29(24)39-32(40-31)46-17-33-6-3-7-43(33)15-19(35)11-33/h10,12-13,18-19,21,45H,1-9,11,14-17H2,(H,38,41)/t18-,19-,21+,33+/m1/s1. The third-order valence-electron chi connectivity index (χ3n) is 10.4. The Kier molecular flexibility index (Phi) is 7.57. The van der Waals surface area contributed by atoms with Crippen LogP contribution in [0, 0.1) is 11.7 Å². The van der Waals surface area contributed by atoms with Crippen molar-refractivity contribution in [1.29, 1.82) is 0 Å². The summed E-state index contributed by atoms with van der Waals surface area (Å²) in [6.45, 7) is 2.11. The number of rotatable bonds is 3. The van der Waals surface area contributed by atoms with Gasteiger partial charge in [-0.3, -0.25) is 19.8 Å². The first kappa shape index (κ1) is 29.9.